The van der Waals surface area contributed by atoms with Crippen LogP contribution in [0.15, 0.2) is 30.7 Å². The molecule has 0 spiro atoms. The van der Waals surface area contributed by atoms with Crippen molar-refractivity contribution in [2.24, 2.45) is 0 Å². The van der Waals surface area contributed by atoms with Crippen molar-refractivity contribution in [3.63, 3.8) is 0 Å². The van der Waals surface area contributed by atoms with E-state index in [0.29, 0.717) is 16.5 Å². The summed E-state index contributed by atoms with van der Waals surface area (Å²) in [6.45, 7) is 3.79. The highest BCUT2D eigenvalue weighted by Gasteiger charge is 2.15. The Bertz CT molecular complexity index is 947. The molecular formula is C17H15ClN4O2. The summed E-state index contributed by atoms with van der Waals surface area (Å²) >= 11 is 5.95. The fourth-order valence-corrected chi connectivity index (χ4v) is 2.49. The molecule has 0 amide bonds. The van der Waals surface area contributed by atoms with E-state index in [0.717, 1.165) is 11.3 Å². The molecular weight excluding hydrogens is 328 g/mol. The van der Waals surface area contributed by atoms with Gasteiger partial charge in [-0.2, -0.15) is 0 Å². The molecule has 0 unspecified atom stereocenters. The van der Waals surface area contributed by atoms with Gasteiger partial charge in [-0.25, -0.2) is 19.7 Å². The smallest absolute Gasteiger partial charge is 0.339 e. The van der Waals surface area contributed by atoms with Gasteiger partial charge in [-0.3, -0.25) is 0 Å². The maximum absolute atomic E-state index is 11.2. The molecule has 3 aromatic rings. The van der Waals surface area contributed by atoms with E-state index in [1.165, 1.54) is 6.20 Å². The van der Waals surface area contributed by atoms with Gasteiger partial charge < -0.3 is 9.51 Å². The third kappa shape index (κ3) is 3.28. The molecule has 0 bridgehead atoms. The summed E-state index contributed by atoms with van der Waals surface area (Å²) in [5.74, 6) is -0.589. The minimum Gasteiger partial charge on any atom is -0.478 e. The van der Waals surface area contributed by atoms with Crippen LogP contribution in [-0.4, -0.2) is 30.4 Å². The van der Waals surface area contributed by atoms with E-state index in [1.54, 1.807) is 24.4 Å². The van der Waals surface area contributed by atoms with Crippen molar-refractivity contribution in [2.45, 2.75) is 19.8 Å². The molecule has 0 aliphatic carbocycles. The minimum absolute atomic E-state index is 0.0106. The fraction of sp³-hybridized carbons (Fsp3) is 0.176. The highest BCUT2D eigenvalue weighted by molar-refractivity contribution is 6.30. The van der Waals surface area contributed by atoms with E-state index in [4.69, 9.17) is 11.6 Å². The van der Waals surface area contributed by atoms with Crippen LogP contribution in [0, 0.1) is 0 Å². The standard InChI is InChI=1S/C17H15ClN4O2/c1-10(2)16-13(17(23)24)7-19-14(21-16)5-4-12-9-22-8-11(18)3-6-15(22)20-12/h3-10H,1-2H3,(H,23,24). The van der Waals surface area contributed by atoms with Gasteiger partial charge in [0.15, 0.2) is 5.82 Å². The maximum atomic E-state index is 11.2. The predicted molar refractivity (Wildman–Crippen MR) is 92.2 cm³/mol. The van der Waals surface area contributed by atoms with Gasteiger partial charge in [0.05, 0.1) is 22.0 Å². The lowest BCUT2D eigenvalue weighted by atomic mass is 10.1. The van der Waals surface area contributed by atoms with Gasteiger partial charge in [-0.1, -0.05) is 25.4 Å². The van der Waals surface area contributed by atoms with Gasteiger partial charge in [-0.15, -0.1) is 0 Å². The molecule has 0 aliphatic rings. The third-order valence-electron chi connectivity index (χ3n) is 3.45. The average molecular weight is 343 g/mol. The number of hydrogen-bond acceptors (Lipinski definition) is 4. The monoisotopic (exact) mass is 342 g/mol. The van der Waals surface area contributed by atoms with Crippen LogP contribution < -0.4 is 0 Å². The molecule has 6 nitrogen and oxygen atoms in total. The molecule has 7 heteroatoms. The van der Waals surface area contributed by atoms with E-state index in [-0.39, 0.29) is 11.5 Å². The first kappa shape index (κ1) is 16.1. The first-order valence-electron chi connectivity index (χ1n) is 7.36. The first-order valence-corrected chi connectivity index (χ1v) is 7.74. The van der Waals surface area contributed by atoms with E-state index < -0.39 is 5.97 Å². The number of aromatic carboxylic acids is 1. The van der Waals surface area contributed by atoms with Crippen molar-refractivity contribution < 1.29 is 9.90 Å². The number of halogens is 1. The molecule has 0 saturated heterocycles. The second-order valence-electron chi connectivity index (χ2n) is 5.60. The number of nitrogens with zero attached hydrogens (tertiary/aromatic N) is 4. The summed E-state index contributed by atoms with van der Waals surface area (Å²) < 4.78 is 1.83. The number of carboxylic acid groups (broad SMARTS) is 1. The number of imidazole rings is 1. The summed E-state index contributed by atoms with van der Waals surface area (Å²) in [6.07, 6.45) is 8.44. The molecule has 0 saturated carbocycles. The van der Waals surface area contributed by atoms with E-state index in [2.05, 4.69) is 15.0 Å². The Morgan fingerprint density at radius 2 is 2.04 bits per heavy atom. The van der Waals surface area contributed by atoms with Crippen molar-refractivity contribution in [1.29, 1.82) is 0 Å². The average Bonchev–Trinajstić information content (AvgIpc) is 2.94. The van der Waals surface area contributed by atoms with Crippen LogP contribution >= 0.6 is 11.6 Å². The summed E-state index contributed by atoms with van der Waals surface area (Å²) in [7, 11) is 0. The number of pyridine rings is 1. The molecule has 3 rings (SSSR count). The van der Waals surface area contributed by atoms with Gasteiger partial charge in [0.2, 0.25) is 0 Å². The van der Waals surface area contributed by atoms with Gasteiger partial charge >= 0.3 is 5.97 Å². The lowest BCUT2D eigenvalue weighted by Crippen LogP contribution is -2.08. The second kappa shape index (κ2) is 6.41. The molecule has 0 fully saturated rings. The molecule has 1 N–H and O–H groups in total. The summed E-state index contributed by atoms with van der Waals surface area (Å²) in [6, 6.07) is 3.61. The Morgan fingerprint density at radius 1 is 1.25 bits per heavy atom. The topological polar surface area (TPSA) is 80.4 Å². The SMILES string of the molecule is CC(C)c1nc(C=Cc2cn3cc(Cl)ccc3n2)ncc1C(=O)O. The molecule has 0 aromatic carbocycles. The van der Waals surface area contributed by atoms with Crippen LogP contribution in [-0.2, 0) is 0 Å². The van der Waals surface area contributed by atoms with Crippen molar-refractivity contribution in [1.82, 2.24) is 19.4 Å². The summed E-state index contributed by atoms with van der Waals surface area (Å²) in [5, 5.41) is 9.82. The highest BCUT2D eigenvalue weighted by atomic mass is 35.5. The van der Waals surface area contributed by atoms with Crippen molar-refractivity contribution in [3.05, 3.63) is 58.5 Å². The lowest BCUT2D eigenvalue weighted by Gasteiger charge is -2.08. The summed E-state index contributed by atoms with van der Waals surface area (Å²) in [5.41, 5.74) is 2.15. The van der Waals surface area contributed by atoms with Crippen LogP contribution in [0.25, 0.3) is 17.8 Å². The predicted octanol–water partition coefficient (Wildman–Crippen LogP) is 3.77. The largest absolute Gasteiger partial charge is 0.478 e. The van der Waals surface area contributed by atoms with Crippen LogP contribution in [0.5, 0.6) is 0 Å². The van der Waals surface area contributed by atoms with Crippen LogP contribution in [0.3, 0.4) is 0 Å². The minimum atomic E-state index is -1.02. The Labute approximate surface area is 143 Å². The highest BCUT2D eigenvalue weighted by Crippen LogP contribution is 2.18. The molecule has 3 aromatic heterocycles. The fourth-order valence-electron chi connectivity index (χ4n) is 2.32. The number of carboxylic acids is 1. The quantitative estimate of drug-likeness (QED) is 0.780. The molecule has 122 valence electrons. The molecule has 0 aliphatic heterocycles. The van der Waals surface area contributed by atoms with Gasteiger partial charge in [0, 0.05) is 18.6 Å². The zero-order valence-electron chi connectivity index (χ0n) is 13.1. The Kier molecular flexibility index (Phi) is 4.31. The molecule has 0 atom stereocenters. The molecule has 0 radical (unpaired) electrons. The third-order valence-corrected chi connectivity index (χ3v) is 3.67. The number of aromatic nitrogens is 4. The van der Waals surface area contributed by atoms with Gasteiger partial charge in [0.1, 0.15) is 5.65 Å². The Hall–Kier alpha value is -2.73. The number of rotatable bonds is 4. The van der Waals surface area contributed by atoms with Gasteiger partial charge in [0.25, 0.3) is 0 Å². The van der Waals surface area contributed by atoms with Crippen LogP contribution in [0.1, 0.15) is 47.3 Å². The lowest BCUT2D eigenvalue weighted by molar-refractivity contribution is 0.0694. The van der Waals surface area contributed by atoms with E-state index in [9.17, 15) is 9.90 Å². The Morgan fingerprint density at radius 3 is 2.75 bits per heavy atom. The number of carbonyl (C=O) groups is 1. The zero-order valence-corrected chi connectivity index (χ0v) is 13.9. The van der Waals surface area contributed by atoms with E-state index >= 15 is 0 Å². The normalized spacial score (nSPS) is 11.7. The summed E-state index contributed by atoms with van der Waals surface area (Å²) in [4.78, 5) is 24.1. The van der Waals surface area contributed by atoms with E-state index in [1.807, 2.05) is 30.5 Å². The Balaban J connectivity index is 1.92. The molecule has 3 heterocycles. The van der Waals surface area contributed by atoms with Crippen molar-refractivity contribution in [2.75, 3.05) is 0 Å². The zero-order chi connectivity index (χ0) is 17.3. The van der Waals surface area contributed by atoms with Crippen molar-refractivity contribution in [3.8, 4) is 0 Å². The number of fused-ring (bicyclic) bond motifs is 1. The molecule has 24 heavy (non-hydrogen) atoms. The van der Waals surface area contributed by atoms with Crippen LogP contribution in [0.4, 0.5) is 0 Å². The van der Waals surface area contributed by atoms with Crippen LogP contribution in [0.2, 0.25) is 5.02 Å². The van der Waals surface area contributed by atoms with Gasteiger partial charge in [-0.05, 0) is 30.2 Å². The second-order valence-corrected chi connectivity index (χ2v) is 6.04. The van der Waals surface area contributed by atoms with Crippen molar-refractivity contribution >= 4 is 35.4 Å². The first-order chi connectivity index (χ1) is 11.4. The maximum Gasteiger partial charge on any atom is 0.339 e. The number of hydrogen-bond donors (Lipinski definition) is 1.